The molecule has 0 bridgehead atoms. The predicted octanol–water partition coefficient (Wildman–Crippen LogP) is 2.82. The molecule has 0 N–H and O–H groups in total. The second-order valence-electron chi connectivity index (χ2n) is 1.10. The van der Waals surface area contributed by atoms with Crippen LogP contribution >= 0.6 is 19.4 Å². The van der Waals surface area contributed by atoms with E-state index in [2.05, 4.69) is 42.1 Å². The SMILES string of the molecule is [CH-]=CCCC=C.[I][Pt+]. The van der Waals surface area contributed by atoms with Crippen molar-refractivity contribution >= 4 is 19.4 Å². The van der Waals surface area contributed by atoms with E-state index >= 15 is 0 Å². The Balaban J connectivity index is 0. The van der Waals surface area contributed by atoms with Gasteiger partial charge in [-0.15, -0.1) is 6.58 Å². The summed E-state index contributed by atoms with van der Waals surface area (Å²) in [5.74, 6) is 0. The molecular formula is C6H9IPt. The third kappa shape index (κ3) is 15.8. The van der Waals surface area contributed by atoms with Gasteiger partial charge in [-0.2, -0.15) is 0 Å². The topological polar surface area (TPSA) is 0 Å². The van der Waals surface area contributed by atoms with E-state index in [1.54, 1.807) is 6.08 Å². The van der Waals surface area contributed by atoms with Gasteiger partial charge in [-0.05, 0) is 6.42 Å². The summed E-state index contributed by atoms with van der Waals surface area (Å²) in [6.45, 7) is 8.56. The van der Waals surface area contributed by atoms with Gasteiger partial charge in [0.05, 0.1) is 0 Å². The fourth-order valence-electron chi connectivity index (χ4n) is 0.214. The van der Waals surface area contributed by atoms with E-state index < -0.39 is 0 Å². The summed E-state index contributed by atoms with van der Waals surface area (Å²) in [6, 6.07) is 0. The van der Waals surface area contributed by atoms with E-state index in [1.807, 2.05) is 6.08 Å². The van der Waals surface area contributed by atoms with Crippen molar-refractivity contribution in [1.29, 1.82) is 0 Å². The van der Waals surface area contributed by atoms with Crippen LogP contribution in [0, 0.1) is 6.58 Å². The van der Waals surface area contributed by atoms with E-state index in [1.165, 1.54) is 0 Å². The molecule has 0 radical (unpaired) electrons. The molecule has 0 aromatic rings. The van der Waals surface area contributed by atoms with Crippen LogP contribution in [0.1, 0.15) is 12.8 Å². The van der Waals surface area contributed by atoms with Gasteiger partial charge >= 0.3 is 35.5 Å². The molecule has 0 aromatic heterocycles. The molecule has 0 aliphatic heterocycles. The second kappa shape index (κ2) is 15.7. The molecule has 0 fully saturated rings. The first-order valence-electron chi connectivity index (χ1n) is 2.18. The van der Waals surface area contributed by atoms with Gasteiger partial charge < -0.3 is 6.58 Å². The first-order chi connectivity index (χ1) is 3.91. The Labute approximate surface area is 73.2 Å². The van der Waals surface area contributed by atoms with Crippen LogP contribution in [0.2, 0.25) is 0 Å². The summed E-state index contributed by atoms with van der Waals surface area (Å²) < 4.78 is 0. The zero-order chi connectivity index (χ0) is 6.83. The van der Waals surface area contributed by atoms with Crippen LogP contribution in [0.3, 0.4) is 0 Å². The second-order valence-corrected chi connectivity index (χ2v) is 1.10. The van der Waals surface area contributed by atoms with Crippen LogP contribution in [0.4, 0.5) is 0 Å². The van der Waals surface area contributed by atoms with Crippen LogP contribution in [0.15, 0.2) is 18.7 Å². The monoisotopic (exact) mass is 403 g/mol. The quantitative estimate of drug-likeness (QED) is 0.294. The number of hydrogen-bond donors (Lipinski definition) is 0. The van der Waals surface area contributed by atoms with Crippen molar-refractivity contribution in [2.75, 3.05) is 0 Å². The molecule has 50 valence electrons. The van der Waals surface area contributed by atoms with Gasteiger partial charge in [-0.3, -0.25) is 6.08 Å². The Kier molecular flexibility index (Phi) is 22.8. The Morgan fingerprint density at radius 2 is 2.00 bits per heavy atom. The van der Waals surface area contributed by atoms with Gasteiger partial charge in [-0.1, -0.05) is 12.5 Å². The first kappa shape index (κ1) is 11.7. The third-order valence-corrected chi connectivity index (χ3v) is 0.537. The zero-order valence-corrected chi connectivity index (χ0v) is 8.98. The Morgan fingerprint density at radius 3 is 2.12 bits per heavy atom. The minimum absolute atomic E-state index is 0.948. The predicted molar refractivity (Wildman–Crippen MR) is 42.3 cm³/mol. The average Bonchev–Trinajstić information content (AvgIpc) is 1.88. The molecule has 0 rings (SSSR count). The molecule has 2 heteroatoms. The van der Waals surface area contributed by atoms with Crippen molar-refractivity contribution in [1.82, 2.24) is 0 Å². The molecular weight excluding hydrogens is 394 g/mol. The van der Waals surface area contributed by atoms with Gasteiger partial charge in [0, 0.05) is 0 Å². The van der Waals surface area contributed by atoms with Crippen molar-refractivity contribution < 1.29 is 16.1 Å². The number of halogens is 1. The molecule has 0 saturated heterocycles. The maximum absolute atomic E-state index is 5.04. The number of allylic oxidation sites excluding steroid dienone is 2. The summed E-state index contributed by atoms with van der Waals surface area (Å²) in [5, 5.41) is 0. The van der Waals surface area contributed by atoms with E-state index in [-0.39, 0.29) is 0 Å². The van der Waals surface area contributed by atoms with Gasteiger partial charge in [0.25, 0.3) is 0 Å². The fourth-order valence-corrected chi connectivity index (χ4v) is 0.214. The number of rotatable bonds is 3. The summed E-state index contributed by atoms with van der Waals surface area (Å²) in [4.78, 5) is 0. The molecule has 0 aliphatic rings. The van der Waals surface area contributed by atoms with E-state index in [9.17, 15) is 0 Å². The number of hydrogen-bond acceptors (Lipinski definition) is 0. The first-order valence-corrected chi connectivity index (χ1v) is 8.62. The van der Waals surface area contributed by atoms with Gasteiger partial charge in [0.15, 0.2) is 0 Å². The molecule has 0 saturated carbocycles. The fraction of sp³-hybridized carbons (Fsp3) is 0.333. The zero-order valence-electron chi connectivity index (χ0n) is 4.55. The van der Waals surface area contributed by atoms with Crippen LogP contribution in [-0.4, -0.2) is 0 Å². The van der Waals surface area contributed by atoms with E-state index in [0.29, 0.717) is 0 Å². The summed E-state index contributed by atoms with van der Waals surface area (Å²) >= 11 is 4.23. The van der Waals surface area contributed by atoms with Crippen LogP contribution < -0.4 is 0 Å². The number of unbranched alkanes of at least 4 members (excludes halogenated alkanes) is 1. The average molecular weight is 403 g/mol. The van der Waals surface area contributed by atoms with Crippen molar-refractivity contribution in [3.05, 3.63) is 25.3 Å². The Hall–Kier alpha value is 0.898. The maximum atomic E-state index is 5.04. The summed E-state index contributed by atoms with van der Waals surface area (Å²) in [5.41, 5.74) is 0. The Bertz CT molecular complexity index is 44.5. The van der Waals surface area contributed by atoms with Crippen LogP contribution in [-0.2, 0) is 16.1 Å². The van der Waals surface area contributed by atoms with Gasteiger partial charge in [0.1, 0.15) is 0 Å². The van der Waals surface area contributed by atoms with Gasteiger partial charge in [-0.25, -0.2) is 0 Å². The molecule has 0 nitrogen and oxygen atoms in total. The molecule has 8 heavy (non-hydrogen) atoms. The Morgan fingerprint density at radius 1 is 1.50 bits per heavy atom. The molecule has 0 aromatic carbocycles. The molecule has 0 heterocycles. The molecule has 0 atom stereocenters. The van der Waals surface area contributed by atoms with Crippen molar-refractivity contribution in [3.8, 4) is 0 Å². The normalized spacial score (nSPS) is 6.38. The molecule has 0 spiro atoms. The standard InChI is InChI=1S/C6H9.HI.Pt/c1-3-5-6-4-2;;/h1,3-4H,2,5-6H2;1H;/q-1;;+2/p-1. The van der Waals surface area contributed by atoms with Crippen molar-refractivity contribution in [3.63, 3.8) is 0 Å². The summed E-state index contributed by atoms with van der Waals surface area (Å²) in [6.07, 6.45) is 5.44. The van der Waals surface area contributed by atoms with Crippen molar-refractivity contribution in [2.24, 2.45) is 0 Å². The van der Waals surface area contributed by atoms with Crippen LogP contribution in [0.5, 0.6) is 0 Å². The van der Waals surface area contributed by atoms with Gasteiger partial charge in [0.2, 0.25) is 0 Å². The van der Waals surface area contributed by atoms with Crippen molar-refractivity contribution in [2.45, 2.75) is 12.8 Å². The molecule has 0 amide bonds. The molecule has 0 aliphatic carbocycles. The molecule has 0 unspecified atom stereocenters. The third-order valence-electron chi connectivity index (χ3n) is 0.537. The van der Waals surface area contributed by atoms with E-state index in [4.69, 9.17) is 6.58 Å². The summed E-state index contributed by atoms with van der Waals surface area (Å²) in [7, 11) is 0. The van der Waals surface area contributed by atoms with Crippen LogP contribution in [0.25, 0.3) is 0 Å². The minimum atomic E-state index is 0.948. The van der Waals surface area contributed by atoms with E-state index in [0.717, 1.165) is 12.8 Å².